The van der Waals surface area contributed by atoms with Gasteiger partial charge in [0.05, 0.1) is 25.4 Å². The van der Waals surface area contributed by atoms with Crippen LogP contribution in [-0.2, 0) is 14.3 Å². The van der Waals surface area contributed by atoms with Crippen molar-refractivity contribution in [2.24, 2.45) is 0 Å². The number of carbonyl (C=O) groups excluding carboxylic acids is 2. The number of esters is 1. The van der Waals surface area contributed by atoms with Gasteiger partial charge in [0, 0.05) is 12.8 Å². The van der Waals surface area contributed by atoms with Gasteiger partial charge in [-0.1, -0.05) is 417 Å². The average molecular weight is 1240 g/mol. The highest BCUT2D eigenvalue weighted by Crippen LogP contribution is 2.20. The molecule has 88 heavy (non-hydrogen) atoms. The third kappa shape index (κ3) is 73.4. The molecule has 3 N–H and O–H groups in total. The van der Waals surface area contributed by atoms with E-state index in [4.69, 9.17) is 4.74 Å². The van der Waals surface area contributed by atoms with Gasteiger partial charge in [-0.25, -0.2) is 0 Å². The van der Waals surface area contributed by atoms with E-state index < -0.39 is 12.1 Å². The van der Waals surface area contributed by atoms with Crippen molar-refractivity contribution in [1.29, 1.82) is 0 Å². The number of aliphatic hydroxyl groups excluding tert-OH is 2. The standard InChI is InChI=1S/C82H159NO5/c1-3-5-7-9-11-13-15-17-19-20-21-22-23-32-35-38-41-44-47-50-54-58-62-66-70-74-80(85)79(78-84)83-81(86)75-71-67-63-59-55-51-48-45-42-39-36-33-30-28-26-24-25-27-29-31-34-37-40-43-46-49-53-57-61-65-69-73-77-88-82(87)76-72-68-64-60-56-52-18-16-14-12-10-8-6-4-2/h27,29,70,74,79-80,84-85H,3-26,28,30-69,71-73,75-78H2,1-2H3,(H,83,86)/b29-27-,74-70+. The van der Waals surface area contributed by atoms with Crippen molar-refractivity contribution in [1.82, 2.24) is 5.32 Å². The summed E-state index contributed by atoms with van der Waals surface area (Å²) in [6.45, 7) is 4.96. The summed E-state index contributed by atoms with van der Waals surface area (Å²) >= 11 is 0. The summed E-state index contributed by atoms with van der Waals surface area (Å²) in [6, 6.07) is -0.627. The number of hydrogen-bond donors (Lipinski definition) is 3. The van der Waals surface area contributed by atoms with Gasteiger partial charge in [0.15, 0.2) is 0 Å². The van der Waals surface area contributed by atoms with Gasteiger partial charge < -0.3 is 20.3 Å². The van der Waals surface area contributed by atoms with Crippen LogP contribution in [0.5, 0.6) is 0 Å². The van der Waals surface area contributed by atoms with Crippen LogP contribution in [-0.4, -0.2) is 47.4 Å². The highest BCUT2D eigenvalue weighted by atomic mass is 16.5. The van der Waals surface area contributed by atoms with Crippen molar-refractivity contribution in [2.45, 2.75) is 475 Å². The van der Waals surface area contributed by atoms with Crippen LogP contribution in [0.2, 0.25) is 0 Å². The molecule has 1 amide bonds. The van der Waals surface area contributed by atoms with Crippen LogP contribution >= 0.6 is 0 Å². The number of nitrogens with one attached hydrogen (secondary N) is 1. The van der Waals surface area contributed by atoms with Crippen LogP contribution in [0.25, 0.3) is 0 Å². The van der Waals surface area contributed by atoms with E-state index in [1.54, 1.807) is 6.08 Å². The quantitative estimate of drug-likeness (QED) is 0.0320. The minimum Gasteiger partial charge on any atom is -0.466 e. The van der Waals surface area contributed by atoms with Crippen molar-refractivity contribution in [3.05, 3.63) is 24.3 Å². The third-order valence-corrected chi connectivity index (χ3v) is 19.2. The molecular formula is C82H159NO5. The largest absolute Gasteiger partial charge is 0.466 e. The SMILES string of the molecule is CCCCCCCCCCCCCCCCCCCCCCCCC/C=C/C(O)C(CO)NC(=O)CCCCCCCCCCCCCCCCCC/C=C\CCCCCCCCCCCCCCOC(=O)CCCCCCCCCCCCCCCC. The van der Waals surface area contributed by atoms with Gasteiger partial charge in [-0.3, -0.25) is 9.59 Å². The molecule has 0 aliphatic heterocycles. The zero-order valence-electron chi connectivity index (χ0n) is 60.0. The smallest absolute Gasteiger partial charge is 0.305 e. The molecule has 6 nitrogen and oxygen atoms in total. The van der Waals surface area contributed by atoms with Gasteiger partial charge in [-0.05, 0) is 57.8 Å². The summed E-state index contributed by atoms with van der Waals surface area (Å²) in [5, 5.41) is 23.3. The molecule has 0 aromatic rings. The van der Waals surface area contributed by atoms with Crippen molar-refractivity contribution in [3.63, 3.8) is 0 Å². The van der Waals surface area contributed by atoms with E-state index in [0.29, 0.717) is 19.4 Å². The maximum absolute atomic E-state index is 12.6. The Morgan fingerprint density at radius 1 is 0.307 bits per heavy atom. The van der Waals surface area contributed by atoms with Gasteiger partial charge >= 0.3 is 5.97 Å². The van der Waals surface area contributed by atoms with E-state index in [1.807, 2.05) is 6.08 Å². The topological polar surface area (TPSA) is 95.9 Å². The van der Waals surface area contributed by atoms with Gasteiger partial charge in [0.2, 0.25) is 5.91 Å². The van der Waals surface area contributed by atoms with Crippen LogP contribution in [0.15, 0.2) is 24.3 Å². The highest BCUT2D eigenvalue weighted by Gasteiger charge is 2.18. The second-order valence-electron chi connectivity index (χ2n) is 28.1. The predicted octanol–water partition coefficient (Wildman–Crippen LogP) is 26.8. The van der Waals surface area contributed by atoms with Gasteiger partial charge in [0.25, 0.3) is 0 Å². The number of amides is 1. The number of rotatable bonds is 77. The Bertz CT molecular complexity index is 1380. The molecule has 0 saturated heterocycles. The molecule has 0 radical (unpaired) electrons. The first-order chi connectivity index (χ1) is 43.5. The first kappa shape index (κ1) is 86.3. The Morgan fingerprint density at radius 2 is 0.534 bits per heavy atom. The van der Waals surface area contributed by atoms with Crippen LogP contribution in [0.3, 0.4) is 0 Å². The summed E-state index contributed by atoms with van der Waals surface area (Å²) in [5.41, 5.74) is 0. The first-order valence-corrected chi connectivity index (χ1v) is 40.6. The molecule has 0 bridgehead atoms. The molecule has 522 valence electrons. The molecule has 0 aliphatic rings. The van der Waals surface area contributed by atoms with Crippen molar-refractivity contribution in [2.75, 3.05) is 13.2 Å². The van der Waals surface area contributed by atoms with E-state index in [9.17, 15) is 19.8 Å². The molecule has 0 spiro atoms. The molecule has 6 heteroatoms. The summed E-state index contributed by atoms with van der Waals surface area (Å²) < 4.78 is 5.50. The van der Waals surface area contributed by atoms with E-state index in [2.05, 4.69) is 31.3 Å². The minimum absolute atomic E-state index is 0.0213. The number of hydrogen-bond acceptors (Lipinski definition) is 5. The Labute approximate surface area is 551 Å². The maximum atomic E-state index is 12.6. The number of ether oxygens (including phenoxy) is 1. The second-order valence-corrected chi connectivity index (χ2v) is 28.1. The molecule has 0 fully saturated rings. The summed E-state index contributed by atoms with van der Waals surface area (Å²) in [7, 11) is 0. The van der Waals surface area contributed by atoms with Crippen molar-refractivity contribution < 1.29 is 24.5 Å². The number of unbranched alkanes of at least 4 members (excludes halogenated alkanes) is 64. The van der Waals surface area contributed by atoms with Gasteiger partial charge in [0.1, 0.15) is 0 Å². The van der Waals surface area contributed by atoms with Crippen LogP contribution in [0.4, 0.5) is 0 Å². The lowest BCUT2D eigenvalue weighted by Crippen LogP contribution is -2.45. The predicted molar refractivity (Wildman–Crippen MR) is 389 cm³/mol. The number of aliphatic hydroxyl groups is 2. The Morgan fingerprint density at radius 3 is 0.807 bits per heavy atom. The molecule has 0 rings (SSSR count). The lowest BCUT2D eigenvalue weighted by Gasteiger charge is -2.20. The molecule has 2 unspecified atom stereocenters. The summed E-state index contributed by atoms with van der Waals surface area (Å²) in [4.78, 5) is 24.6. The molecule has 0 heterocycles. The lowest BCUT2D eigenvalue weighted by atomic mass is 10.0. The normalized spacial score (nSPS) is 12.5. The van der Waals surface area contributed by atoms with Crippen LogP contribution < -0.4 is 5.32 Å². The zero-order chi connectivity index (χ0) is 63.5. The first-order valence-electron chi connectivity index (χ1n) is 40.6. The monoisotopic (exact) mass is 1240 g/mol. The molecule has 2 atom stereocenters. The Hall–Kier alpha value is -1.66. The number of carbonyl (C=O) groups is 2. The summed E-state index contributed by atoms with van der Waals surface area (Å²) in [5.74, 6) is -0.0385. The van der Waals surface area contributed by atoms with Crippen LogP contribution in [0.1, 0.15) is 463 Å². The van der Waals surface area contributed by atoms with Crippen molar-refractivity contribution in [3.8, 4) is 0 Å². The fraction of sp³-hybridized carbons (Fsp3) is 0.927. The lowest BCUT2D eigenvalue weighted by molar-refractivity contribution is -0.143. The minimum atomic E-state index is -0.844. The second kappa shape index (κ2) is 77.8. The van der Waals surface area contributed by atoms with E-state index in [1.165, 1.54) is 398 Å². The van der Waals surface area contributed by atoms with E-state index >= 15 is 0 Å². The van der Waals surface area contributed by atoms with Crippen LogP contribution in [0, 0.1) is 0 Å². The fourth-order valence-corrected chi connectivity index (χ4v) is 13.0. The van der Waals surface area contributed by atoms with E-state index in [-0.39, 0.29) is 18.5 Å². The molecule has 0 aliphatic carbocycles. The number of allylic oxidation sites excluding steroid dienone is 3. The zero-order valence-corrected chi connectivity index (χ0v) is 60.0. The molecular weight excluding hydrogens is 1080 g/mol. The Balaban J connectivity index is 3.38. The molecule has 0 aromatic heterocycles. The molecule has 0 aromatic carbocycles. The fourth-order valence-electron chi connectivity index (χ4n) is 13.0. The van der Waals surface area contributed by atoms with Gasteiger partial charge in [-0.15, -0.1) is 0 Å². The third-order valence-electron chi connectivity index (χ3n) is 19.2. The summed E-state index contributed by atoms with van der Waals surface area (Å²) in [6.07, 6.45) is 100. The maximum Gasteiger partial charge on any atom is 0.305 e. The average Bonchev–Trinajstić information content (AvgIpc) is 3.58. The van der Waals surface area contributed by atoms with E-state index in [0.717, 1.165) is 38.5 Å². The highest BCUT2D eigenvalue weighted by molar-refractivity contribution is 5.76. The van der Waals surface area contributed by atoms with Crippen molar-refractivity contribution >= 4 is 11.9 Å². The van der Waals surface area contributed by atoms with Gasteiger partial charge in [-0.2, -0.15) is 0 Å². The molecule has 0 saturated carbocycles. The Kier molecular flexibility index (Phi) is 76.3.